The molecule has 1 saturated heterocycles. The molecule has 8 nitrogen and oxygen atoms in total. The number of primary amides is 1. The van der Waals surface area contributed by atoms with Gasteiger partial charge in [0.2, 0.25) is 17.7 Å². The lowest BCUT2D eigenvalue weighted by atomic mass is 9.99. The average Bonchev–Trinajstić information content (AvgIpc) is 2.80. The van der Waals surface area contributed by atoms with Gasteiger partial charge in [-0.15, -0.1) is 0 Å². The third kappa shape index (κ3) is 2.19. The normalized spacial score (nSPS) is 23.5. The van der Waals surface area contributed by atoms with Gasteiger partial charge >= 0.3 is 0 Å². The van der Waals surface area contributed by atoms with Crippen LogP contribution >= 0.6 is 0 Å². The minimum atomic E-state index is -1.14. The van der Waals surface area contributed by atoms with E-state index in [1.165, 1.54) is 12.1 Å². The average molecular weight is 315 g/mol. The van der Waals surface area contributed by atoms with E-state index in [4.69, 9.17) is 5.73 Å². The summed E-state index contributed by atoms with van der Waals surface area (Å²) in [5.74, 6) is -2.49. The molecule has 2 aliphatic heterocycles. The Morgan fingerprint density at radius 2 is 2.04 bits per heavy atom. The molecule has 3 rings (SSSR count). The summed E-state index contributed by atoms with van der Waals surface area (Å²) in [6.45, 7) is 0. The fourth-order valence-electron chi connectivity index (χ4n) is 3.12. The Kier molecular flexibility index (Phi) is 3.44. The molecule has 1 aromatic rings. The predicted octanol–water partition coefficient (Wildman–Crippen LogP) is -0.714. The van der Waals surface area contributed by atoms with Gasteiger partial charge in [0.25, 0.3) is 5.91 Å². The van der Waals surface area contributed by atoms with Crippen molar-refractivity contribution >= 4 is 29.9 Å². The van der Waals surface area contributed by atoms with Crippen molar-refractivity contribution in [3.05, 3.63) is 34.9 Å². The molecule has 1 fully saturated rings. The molecular formula is C15H13N3O5. The van der Waals surface area contributed by atoms with Crippen LogP contribution in [-0.4, -0.2) is 40.9 Å². The fraction of sp³-hybridized carbons (Fsp3) is 0.267. The van der Waals surface area contributed by atoms with Crippen LogP contribution in [-0.2, 0) is 14.4 Å². The van der Waals surface area contributed by atoms with Gasteiger partial charge in [-0.3, -0.25) is 29.3 Å². The van der Waals surface area contributed by atoms with Gasteiger partial charge in [0.1, 0.15) is 12.1 Å². The van der Waals surface area contributed by atoms with Crippen LogP contribution in [0.5, 0.6) is 0 Å². The first-order valence-corrected chi connectivity index (χ1v) is 6.99. The van der Waals surface area contributed by atoms with Crippen molar-refractivity contribution in [1.29, 1.82) is 0 Å². The summed E-state index contributed by atoms with van der Waals surface area (Å²) in [6.07, 6.45) is 0.676. The maximum atomic E-state index is 12.7. The van der Waals surface area contributed by atoms with Crippen molar-refractivity contribution in [3.63, 3.8) is 0 Å². The molecule has 3 N–H and O–H groups in total. The lowest BCUT2D eigenvalue weighted by molar-refractivity contribution is -0.138. The first-order valence-electron chi connectivity index (χ1n) is 6.99. The van der Waals surface area contributed by atoms with Crippen molar-refractivity contribution in [2.75, 3.05) is 0 Å². The number of carbonyl (C=O) groups excluding carboxylic acids is 5. The van der Waals surface area contributed by atoms with Gasteiger partial charge < -0.3 is 10.6 Å². The van der Waals surface area contributed by atoms with Gasteiger partial charge in [0.05, 0.1) is 5.56 Å². The molecule has 0 saturated carbocycles. The molecule has 0 bridgehead atoms. The van der Waals surface area contributed by atoms with Crippen LogP contribution in [0.3, 0.4) is 0 Å². The number of amides is 4. The monoisotopic (exact) mass is 315 g/mol. The van der Waals surface area contributed by atoms with Crippen LogP contribution in [0.4, 0.5) is 0 Å². The minimum Gasteiger partial charge on any atom is -0.368 e. The van der Waals surface area contributed by atoms with Crippen molar-refractivity contribution in [2.24, 2.45) is 5.73 Å². The summed E-state index contributed by atoms with van der Waals surface area (Å²) in [7, 11) is 0. The Balaban J connectivity index is 2.09. The highest BCUT2D eigenvalue weighted by atomic mass is 16.2. The highest BCUT2D eigenvalue weighted by Crippen LogP contribution is 2.37. The molecule has 8 heteroatoms. The lowest BCUT2D eigenvalue weighted by Gasteiger charge is -2.33. The first kappa shape index (κ1) is 14.9. The van der Waals surface area contributed by atoms with Crippen molar-refractivity contribution in [1.82, 2.24) is 10.2 Å². The maximum absolute atomic E-state index is 12.7. The summed E-state index contributed by atoms with van der Waals surface area (Å²) in [5.41, 5.74) is 5.93. The zero-order chi connectivity index (χ0) is 16.7. The number of nitrogens with one attached hydrogen (secondary N) is 1. The number of piperidine rings is 1. The molecule has 0 aliphatic carbocycles. The first-order chi connectivity index (χ1) is 11.0. The second-order valence-corrected chi connectivity index (χ2v) is 5.41. The molecular weight excluding hydrogens is 302 g/mol. The van der Waals surface area contributed by atoms with E-state index in [1.807, 2.05) is 0 Å². The number of carbonyl (C=O) groups is 5. The number of rotatable bonds is 3. The molecule has 1 aromatic carbocycles. The summed E-state index contributed by atoms with van der Waals surface area (Å²) in [5, 5.41) is 2.15. The van der Waals surface area contributed by atoms with E-state index in [0.717, 1.165) is 4.90 Å². The van der Waals surface area contributed by atoms with Crippen molar-refractivity contribution < 1.29 is 24.0 Å². The summed E-state index contributed by atoms with van der Waals surface area (Å²) < 4.78 is 0. The van der Waals surface area contributed by atoms with Gasteiger partial charge in [-0.05, 0) is 12.0 Å². The second-order valence-electron chi connectivity index (χ2n) is 5.41. The molecule has 4 amide bonds. The number of fused-ring (bicyclic) bond motifs is 1. The smallest absolute Gasteiger partial charge is 0.256 e. The zero-order valence-corrected chi connectivity index (χ0v) is 11.9. The third-order valence-corrected chi connectivity index (χ3v) is 4.09. The second kappa shape index (κ2) is 5.31. The van der Waals surface area contributed by atoms with Gasteiger partial charge in [0, 0.05) is 12.0 Å². The Morgan fingerprint density at radius 3 is 2.65 bits per heavy atom. The standard InChI is InChI=1S/C15H13N3O5/c16-13(21)12-8-3-1-2-7(6-19)11(8)15(23)18(12)9-4-5-10(20)17-14(9)22/h1-3,6,9,12H,4-5H2,(H2,16,21)(H,17,20,22)/t9-,12?/m0/s1. The zero-order valence-electron chi connectivity index (χ0n) is 11.9. The maximum Gasteiger partial charge on any atom is 0.256 e. The molecule has 2 aliphatic rings. The van der Waals surface area contributed by atoms with E-state index in [2.05, 4.69) is 5.32 Å². The van der Waals surface area contributed by atoms with Crippen LogP contribution in [0.15, 0.2) is 18.2 Å². The van der Waals surface area contributed by atoms with Crippen LogP contribution in [0.2, 0.25) is 0 Å². The Bertz CT molecular complexity index is 757. The van der Waals surface area contributed by atoms with Gasteiger partial charge in [-0.25, -0.2) is 0 Å². The largest absolute Gasteiger partial charge is 0.368 e. The Morgan fingerprint density at radius 1 is 1.30 bits per heavy atom. The van der Waals surface area contributed by atoms with Crippen LogP contribution in [0.25, 0.3) is 0 Å². The third-order valence-electron chi connectivity index (χ3n) is 4.09. The van der Waals surface area contributed by atoms with E-state index in [-0.39, 0.29) is 24.0 Å². The molecule has 2 atom stereocenters. The Labute approximate surface area is 130 Å². The molecule has 1 unspecified atom stereocenters. The topological polar surface area (TPSA) is 127 Å². The minimum absolute atomic E-state index is 0.0581. The predicted molar refractivity (Wildman–Crippen MR) is 76.1 cm³/mol. The number of nitrogens with two attached hydrogens (primary N) is 1. The van der Waals surface area contributed by atoms with E-state index >= 15 is 0 Å². The van der Waals surface area contributed by atoms with Crippen molar-refractivity contribution in [2.45, 2.75) is 24.9 Å². The molecule has 118 valence electrons. The van der Waals surface area contributed by atoms with E-state index in [9.17, 15) is 24.0 Å². The van der Waals surface area contributed by atoms with Crippen LogP contribution < -0.4 is 11.1 Å². The van der Waals surface area contributed by atoms with E-state index in [0.29, 0.717) is 11.8 Å². The quantitative estimate of drug-likeness (QED) is 0.562. The van der Waals surface area contributed by atoms with Gasteiger partial charge in [-0.2, -0.15) is 0 Å². The van der Waals surface area contributed by atoms with E-state index < -0.39 is 35.7 Å². The number of nitrogens with zero attached hydrogens (tertiary/aromatic N) is 1. The summed E-state index contributed by atoms with van der Waals surface area (Å²) in [6, 6.07) is 2.41. The lowest BCUT2D eigenvalue weighted by Crippen LogP contribution is -2.55. The van der Waals surface area contributed by atoms with Gasteiger partial charge in [0.15, 0.2) is 6.29 Å². The number of hydrogen-bond acceptors (Lipinski definition) is 5. The highest BCUT2D eigenvalue weighted by molar-refractivity contribution is 6.11. The molecule has 0 radical (unpaired) electrons. The number of imide groups is 1. The SMILES string of the molecule is NC(=O)C1c2cccc(C=O)c2C(=O)N1[C@H]1CCC(=O)NC1=O. The van der Waals surface area contributed by atoms with Crippen LogP contribution in [0, 0.1) is 0 Å². The Hall–Kier alpha value is -3.03. The number of aldehydes is 1. The molecule has 0 aromatic heterocycles. The molecule has 23 heavy (non-hydrogen) atoms. The molecule has 0 spiro atoms. The number of benzene rings is 1. The van der Waals surface area contributed by atoms with Gasteiger partial charge in [-0.1, -0.05) is 18.2 Å². The summed E-state index contributed by atoms with van der Waals surface area (Å²) in [4.78, 5) is 60.2. The summed E-state index contributed by atoms with van der Waals surface area (Å²) >= 11 is 0. The van der Waals surface area contributed by atoms with E-state index in [1.54, 1.807) is 6.07 Å². The van der Waals surface area contributed by atoms with Crippen molar-refractivity contribution in [3.8, 4) is 0 Å². The fourth-order valence-corrected chi connectivity index (χ4v) is 3.12. The highest BCUT2D eigenvalue weighted by Gasteiger charge is 2.48. The van der Waals surface area contributed by atoms with Crippen LogP contribution in [0.1, 0.15) is 45.2 Å². The number of hydrogen-bond donors (Lipinski definition) is 2. The molecule has 2 heterocycles.